The molecule has 0 fully saturated rings. The fourth-order valence-electron chi connectivity index (χ4n) is 3.57. The maximum atomic E-state index is 12.9. The first-order valence-electron chi connectivity index (χ1n) is 10.7. The molecule has 1 amide bonds. The van der Waals surface area contributed by atoms with Crippen LogP contribution in [0.3, 0.4) is 0 Å². The number of aryl methyl sites for hydroxylation is 2. The molecule has 8 heteroatoms. The van der Waals surface area contributed by atoms with Crippen LogP contribution < -0.4 is 0 Å². The number of thiophene rings is 1. The lowest BCUT2D eigenvalue weighted by Gasteiger charge is -2.19. The third-order valence-corrected chi connectivity index (χ3v) is 6.39. The van der Waals surface area contributed by atoms with E-state index in [4.69, 9.17) is 9.15 Å². The lowest BCUT2D eigenvalue weighted by molar-refractivity contribution is -0.152. The zero-order chi connectivity index (χ0) is 23.4. The molecule has 0 saturated carbocycles. The lowest BCUT2D eigenvalue weighted by Crippen LogP contribution is -2.31. The number of nitrogens with zero attached hydrogens (tertiary/aromatic N) is 2. The van der Waals surface area contributed by atoms with Crippen molar-refractivity contribution in [1.82, 2.24) is 5.01 Å². The molecule has 4 rings (SSSR count). The summed E-state index contributed by atoms with van der Waals surface area (Å²) in [6.07, 6.45) is 2.00. The van der Waals surface area contributed by atoms with Gasteiger partial charge in [0.15, 0.2) is 12.4 Å². The first kappa shape index (κ1) is 22.7. The number of ether oxygens (including phenoxy) is 1. The van der Waals surface area contributed by atoms with Gasteiger partial charge in [-0.2, -0.15) is 5.10 Å². The highest BCUT2D eigenvalue weighted by Crippen LogP contribution is 2.33. The van der Waals surface area contributed by atoms with Gasteiger partial charge in [-0.15, -0.1) is 11.3 Å². The predicted molar refractivity (Wildman–Crippen MR) is 124 cm³/mol. The molecular weight excluding hydrogens is 440 g/mol. The van der Waals surface area contributed by atoms with E-state index in [1.54, 1.807) is 24.5 Å². The van der Waals surface area contributed by atoms with Crippen LogP contribution in [0.25, 0.3) is 0 Å². The molecule has 170 valence electrons. The number of hydrogen-bond acceptors (Lipinski definition) is 7. The molecule has 1 atom stereocenters. The van der Waals surface area contributed by atoms with E-state index in [9.17, 15) is 14.4 Å². The average Bonchev–Trinajstić information content (AvgIpc) is 3.56. The topological polar surface area (TPSA) is 89.2 Å². The van der Waals surface area contributed by atoms with Crippen molar-refractivity contribution in [3.63, 3.8) is 0 Å². The Bertz CT molecular complexity index is 1180. The molecule has 3 aromatic rings. The summed E-state index contributed by atoms with van der Waals surface area (Å²) < 4.78 is 10.7. The molecule has 0 saturated heterocycles. The Labute approximate surface area is 195 Å². The Morgan fingerprint density at radius 1 is 1.09 bits per heavy atom. The van der Waals surface area contributed by atoms with Crippen LogP contribution >= 0.6 is 11.3 Å². The molecule has 0 radical (unpaired) electrons. The number of carbonyl (C=O) groups excluding carboxylic acids is 3. The molecule has 0 aliphatic carbocycles. The number of furan rings is 1. The maximum absolute atomic E-state index is 12.9. The molecule has 0 N–H and O–H groups in total. The summed E-state index contributed by atoms with van der Waals surface area (Å²) in [7, 11) is 0. The Morgan fingerprint density at radius 3 is 2.55 bits per heavy atom. The standard InChI is InChI=1S/C25H24N2O5S/c1-16-5-8-18(9-6-16)19-14-20(22-4-3-13-31-22)27(26-19)24(29)15-32-25(30)12-10-21(28)23-11-7-17(2)33-23/h3-9,11,13,20H,10,12,14-15H2,1-2H3. The minimum absolute atomic E-state index is 0.0431. The SMILES string of the molecule is Cc1ccc(C2=NN(C(=O)COC(=O)CCC(=O)c3ccc(C)s3)C(c3ccco3)C2)cc1. The quantitative estimate of drug-likeness (QED) is 0.351. The third-order valence-electron chi connectivity index (χ3n) is 5.35. The highest BCUT2D eigenvalue weighted by Gasteiger charge is 2.35. The van der Waals surface area contributed by atoms with Crippen molar-refractivity contribution in [3.8, 4) is 0 Å². The van der Waals surface area contributed by atoms with Crippen molar-refractivity contribution >= 4 is 34.7 Å². The zero-order valence-electron chi connectivity index (χ0n) is 18.4. The fourth-order valence-corrected chi connectivity index (χ4v) is 4.40. The number of hydrazone groups is 1. The van der Waals surface area contributed by atoms with Gasteiger partial charge in [0, 0.05) is 17.7 Å². The summed E-state index contributed by atoms with van der Waals surface area (Å²) in [5.74, 6) is -0.549. The van der Waals surface area contributed by atoms with Crippen LogP contribution in [-0.2, 0) is 14.3 Å². The van der Waals surface area contributed by atoms with Gasteiger partial charge in [-0.25, -0.2) is 5.01 Å². The number of amides is 1. The summed E-state index contributed by atoms with van der Waals surface area (Å²) >= 11 is 1.39. The van der Waals surface area contributed by atoms with Crippen molar-refractivity contribution in [1.29, 1.82) is 0 Å². The van der Waals surface area contributed by atoms with E-state index < -0.39 is 24.5 Å². The summed E-state index contributed by atoms with van der Waals surface area (Å²) in [6.45, 7) is 3.47. The average molecular weight is 465 g/mol. The van der Waals surface area contributed by atoms with Gasteiger partial charge < -0.3 is 9.15 Å². The van der Waals surface area contributed by atoms with E-state index in [2.05, 4.69) is 5.10 Å². The van der Waals surface area contributed by atoms with Gasteiger partial charge in [-0.05, 0) is 43.7 Å². The summed E-state index contributed by atoms with van der Waals surface area (Å²) in [5.41, 5.74) is 2.81. The summed E-state index contributed by atoms with van der Waals surface area (Å²) in [5, 5.41) is 5.84. The van der Waals surface area contributed by atoms with Crippen molar-refractivity contribution in [3.05, 3.63) is 81.4 Å². The maximum Gasteiger partial charge on any atom is 0.306 e. The Morgan fingerprint density at radius 2 is 1.88 bits per heavy atom. The molecule has 2 aromatic heterocycles. The number of ketones is 1. The molecule has 7 nitrogen and oxygen atoms in total. The van der Waals surface area contributed by atoms with Crippen LogP contribution in [0.1, 0.15) is 56.7 Å². The smallest absolute Gasteiger partial charge is 0.306 e. The van der Waals surface area contributed by atoms with Crippen molar-refractivity contribution < 1.29 is 23.5 Å². The van der Waals surface area contributed by atoms with E-state index >= 15 is 0 Å². The number of carbonyl (C=O) groups is 3. The van der Waals surface area contributed by atoms with Gasteiger partial charge in [0.2, 0.25) is 0 Å². The second-order valence-electron chi connectivity index (χ2n) is 7.88. The summed E-state index contributed by atoms with van der Waals surface area (Å²) in [4.78, 5) is 38.8. The Hall–Kier alpha value is -3.52. The first-order chi connectivity index (χ1) is 15.9. The second kappa shape index (κ2) is 9.95. The highest BCUT2D eigenvalue weighted by atomic mass is 32.1. The summed E-state index contributed by atoms with van der Waals surface area (Å²) in [6, 6.07) is 14.7. The monoisotopic (exact) mass is 464 g/mol. The van der Waals surface area contributed by atoms with E-state index in [1.165, 1.54) is 16.3 Å². The van der Waals surface area contributed by atoms with Gasteiger partial charge in [0.05, 0.1) is 23.3 Å². The van der Waals surface area contributed by atoms with Gasteiger partial charge >= 0.3 is 5.97 Å². The normalized spacial score (nSPS) is 15.4. The number of benzene rings is 1. The van der Waals surface area contributed by atoms with Crippen LogP contribution in [0.5, 0.6) is 0 Å². The van der Waals surface area contributed by atoms with Crippen LogP contribution in [-0.4, -0.2) is 35.0 Å². The van der Waals surface area contributed by atoms with E-state index in [-0.39, 0.29) is 18.6 Å². The molecule has 0 spiro atoms. The molecule has 1 unspecified atom stereocenters. The molecule has 1 aromatic carbocycles. The third kappa shape index (κ3) is 5.46. The molecule has 1 aliphatic rings. The number of Topliss-reactive ketones (excluding diaryl/α,β-unsaturated/α-hetero) is 1. The van der Waals surface area contributed by atoms with Crippen LogP contribution in [0.2, 0.25) is 0 Å². The first-order valence-corrected chi connectivity index (χ1v) is 11.5. The number of rotatable bonds is 8. The van der Waals surface area contributed by atoms with Gasteiger partial charge in [0.25, 0.3) is 5.91 Å². The largest absolute Gasteiger partial charge is 0.467 e. The van der Waals surface area contributed by atoms with Crippen molar-refractivity contribution in [2.45, 2.75) is 39.2 Å². The van der Waals surface area contributed by atoms with Crippen LogP contribution in [0.4, 0.5) is 0 Å². The Kier molecular flexibility index (Phi) is 6.84. The minimum atomic E-state index is -0.596. The van der Waals surface area contributed by atoms with Gasteiger partial charge in [0.1, 0.15) is 11.8 Å². The molecule has 33 heavy (non-hydrogen) atoms. The van der Waals surface area contributed by atoms with Crippen molar-refractivity contribution in [2.24, 2.45) is 5.10 Å². The number of esters is 1. The second-order valence-corrected chi connectivity index (χ2v) is 9.17. The van der Waals surface area contributed by atoms with Gasteiger partial charge in [-0.1, -0.05) is 29.8 Å². The fraction of sp³-hybridized carbons (Fsp3) is 0.280. The molecule has 3 heterocycles. The molecule has 0 bridgehead atoms. The molecular formula is C25H24N2O5S. The van der Waals surface area contributed by atoms with Crippen molar-refractivity contribution in [2.75, 3.05) is 6.61 Å². The predicted octanol–water partition coefficient (Wildman–Crippen LogP) is 4.84. The highest BCUT2D eigenvalue weighted by molar-refractivity contribution is 7.14. The van der Waals surface area contributed by atoms with E-state index in [0.717, 1.165) is 21.7 Å². The molecule has 1 aliphatic heterocycles. The van der Waals surface area contributed by atoms with Crippen LogP contribution in [0, 0.1) is 13.8 Å². The van der Waals surface area contributed by atoms with Crippen LogP contribution in [0.15, 0.2) is 64.3 Å². The van der Waals surface area contributed by atoms with E-state index in [1.807, 2.05) is 44.2 Å². The Balaban J connectivity index is 1.37. The zero-order valence-corrected chi connectivity index (χ0v) is 19.3. The lowest BCUT2D eigenvalue weighted by atomic mass is 10.0. The number of hydrogen-bond donors (Lipinski definition) is 0. The minimum Gasteiger partial charge on any atom is -0.467 e. The van der Waals surface area contributed by atoms with Gasteiger partial charge in [-0.3, -0.25) is 14.4 Å². The van der Waals surface area contributed by atoms with E-state index in [0.29, 0.717) is 17.1 Å².